The van der Waals surface area contributed by atoms with Crippen LogP contribution in [-0.2, 0) is 13.1 Å². The van der Waals surface area contributed by atoms with Crippen molar-refractivity contribution >= 4 is 5.69 Å². The van der Waals surface area contributed by atoms with Crippen LogP contribution in [0.3, 0.4) is 0 Å². The molecule has 0 saturated carbocycles. The van der Waals surface area contributed by atoms with E-state index < -0.39 is 0 Å². The van der Waals surface area contributed by atoms with Crippen LogP contribution in [0.2, 0.25) is 0 Å². The average molecular weight is 253 g/mol. The quantitative estimate of drug-likeness (QED) is 0.891. The maximum Gasteiger partial charge on any atom is 0.0445 e. The van der Waals surface area contributed by atoms with E-state index in [2.05, 4.69) is 51.6 Å². The smallest absolute Gasteiger partial charge is 0.0445 e. The number of fused-ring (bicyclic) bond motifs is 1. The molecule has 98 valence electrons. The monoisotopic (exact) mass is 253 g/mol. The molecule has 0 unspecified atom stereocenters. The van der Waals surface area contributed by atoms with Crippen LogP contribution in [-0.4, -0.2) is 18.1 Å². The Bertz CT molecular complexity index is 548. The lowest BCUT2D eigenvalue weighted by Crippen LogP contribution is -2.28. The summed E-state index contributed by atoms with van der Waals surface area (Å²) in [7, 11) is 0. The molecule has 3 nitrogen and oxygen atoms in total. The molecule has 0 amide bonds. The van der Waals surface area contributed by atoms with Crippen molar-refractivity contribution < 1.29 is 0 Å². The third kappa shape index (κ3) is 2.76. The average Bonchev–Trinajstić information content (AvgIpc) is 2.64. The zero-order chi connectivity index (χ0) is 13.1. The Balaban J connectivity index is 1.86. The third-order valence-corrected chi connectivity index (χ3v) is 3.55. The molecule has 19 heavy (non-hydrogen) atoms. The van der Waals surface area contributed by atoms with Crippen LogP contribution in [0.1, 0.15) is 16.8 Å². The van der Waals surface area contributed by atoms with Gasteiger partial charge < -0.3 is 10.2 Å². The molecule has 0 atom stereocenters. The van der Waals surface area contributed by atoms with Crippen LogP contribution in [0.15, 0.2) is 42.6 Å². The largest absolute Gasteiger partial charge is 0.366 e. The molecule has 2 aromatic rings. The van der Waals surface area contributed by atoms with Gasteiger partial charge in [0.15, 0.2) is 0 Å². The molecular formula is C16H19N3. The second-order valence-electron chi connectivity index (χ2n) is 5.03. The number of rotatable bonds is 2. The van der Waals surface area contributed by atoms with Crippen molar-refractivity contribution in [1.82, 2.24) is 10.3 Å². The van der Waals surface area contributed by atoms with E-state index in [-0.39, 0.29) is 0 Å². The molecule has 0 radical (unpaired) electrons. The van der Waals surface area contributed by atoms with Gasteiger partial charge in [-0.1, -0.05) is 24.3 Å². The lowest BCUT2D eigenvalue weighted by atomic mass is 10.1. The van der Waals surface area contributed by atoms with Crippen molar-refractivity contribution in [2.75, 3.05) is 18.0 Å². The molecule has 0 aliphatic carbocycles. The molecule has 0 spiro atoms. The van der Waals surface area contributed by atoms with Gasteiger partial charge in [-0.25, -0.2) is 0 Å². The van der Waals surface area contributed by atoms with Crippen LogP contribution in [0.5, 0.6) is 0 Å². The molecule has 1 aliphatic heterocycles. The maximum absolute atomic E-state index is 4.38. The molecule has 2 heterocycles. The molecule has 0 fully saturated rings. The molecule has 1 aromatic heterocycles. The number of aromatic nitrogens is 1. The number of nitrogens with zero attached hydrogens (tertiary/aromatic N) is 2. The van der Waals surface area contributed by atoms with Gasteiger partial charge in [0.1, 0.15) is 0 Å². The third-order valence-electron chi connectivity index (χ3n) is 3.55. The highest BCUT2D eigenvalue weighted by atomic mass is 15.2. The maximum atomic E-state index is 4.38. The highest BCUT2D eigenvalue weighted by molar-refractivity contribution is 5.54. The summed E-state index contributed by atoms with van der Waals surface area (Å²) in [5.74, 6) is 0. The Kier molecular flexibility index (Phi) is 3.47. The minimum atomic E-state index is 0.923. The molecule has 0 saturated heterocycles. The first kappa shape index (κ1) is 12.2. The number of anilines is 1. The van der Waals surface area contributed by atoms with Gasteiger partial charge in [-0.15, -0.1) is 0 Å². The normalized spacial score (nSPS) is 14.9. The summed E-state index contributed by atoms with van der Waals surface area (Å²) < 4.78 is 0. The van der Waals surface area contributed by atoms with Crippen molar-refractivity contribution in [3.63, 3.8) is 0 Å². The Morgan fingerprint density at radius 2 is 2.11 bits per heavy atom. The van der Waals surface area contributed by atoms with Crippen LogP contribution < -0.4 is 10.2 Å². The van der Waals surface area contributed by atoms with Crippen LogP contribution >= 0.6 is 0 Å². The summed E-state index contributed by atoms with van der Waals surface area (Å²) in [6.07, 6.45) is 1.98. The fourth-order valence-corrected chi connectivity index (χ4v) is 2.50. The van der Waals surface area contributed by atoms with Gasteiger partial charge in [0.05, 0.1) is 0 Å². The van der Waals surface area contributed by atoms with Crippen molar-refractivity contribution in [3.05, 3.63) is 59.4 Å². The second-order valence-corrected chi connectivity index (χ2v) is 5.03. The highest BCUT2D eigenvalue weighted by Gasteiger charge is 2.14. The van der Waals surface area contributed by atoms with Crippen molar-refractivity contribution in [2.24, 2.45) is 0 Å². The number of hydrogen-bond donors (Lipinski definition) is 1. The predicted octanol–water partition coefficient (Wildman–Crippen LogP) is 2.50. The molecule has 3 rings (SSSR count). The van der Waals surface area contributed by atoms with Gasteiger partial charge in [0, 0.05) is 43.8 Å². The summed E-state index contributed by atoms with van der Waals surface area (Å²) in [6, 6.07) is 12.9. The standard InChI is InChI=1S/C16H19N3/c1-13-6-7-14(10-18-13)12-19-9-8-17-11-15-4-2-3-5-16(15)19/h2-7,10,17H,8-9,11-12H2,1H3. The fraction of sp³-hybridized carbons (Fsp3) is 0.312. The predicted molar refractivity (Wildman–Crippen MR) is 78.2 cm³/mol. The number of pyridine rings is 1. The van der Waals surface area contributed by atoms with Crippen molar-refractivity contribution in [1.29, 1.82) is 0 Å². The zero-order valence-corrected chi connectivity index (χ0v) is 11.3. The van der Waals surface area contributed by atoms with E-state index in [0.717, 1.165) is 31.9 Å². The number of hydrogen-bond acceptors (Lipinski definition) is 3. The minimum Gasteiger partial charge on any atom is -0.366 e. The fourth-order valence-electron chi connectivity index (χ4n) is 2.50. The molecule has 1 N–H and O–H groups in total. The first-order valence-electron chi connectivity index (χ1n) is 6.78. The van der Waals surface area contributed by atoms with Gasteiger partial charge in [0.25, 0.3) is 0 Å². The van der Waals surface area contributed by atoms with Gasteiger partial charge in [0.2, 0.25) is 0 Å². The Labute approximate surface area is 114 Å². The topological polar surface area (TPSA) is 28.2 Å². The van der Waals surface area contributed by atoms with Crippen molar-refractivity contribution in [2.45, 2.75) is 20.0 Å². The van der Waals surface area contributed by atoms with Gasteiger partial charge >= 0.3 is 0 Å². The molecule has 0 bridgehead atoms. The summed E-state index contributed by atoms with van der Waals surface area (Å²) in [5.41, 5.74) is 5.05. The highest BCUT2D eigenvalue weighted by Crippen LogP contribution is 2.23. The number of benzene rings is 1. The van der Waals surface area contributed by atoms with Crippen LogP contribution in [0, 0.1) is 6.92 Å². The number of nitrogens with one attached hydrogen (secondary N) is 1. The Morgan fingerprint density at radius 3 is 2.95 bits per heavy atom. The van der Waals surface area contributed by atoms with Gasteiger partial charge in [-0.05, 0) is 30.2 Å². The Hall–Kier alpha value is -1.87. The zero-order valence-electron chi connectivity index (χ0n) is 11.3. The molecule has 1 aromatic carbocycles. The SMILES string of the molecule is Cc1ccc(CN2CCNCc3ccccc32)cn1. The summed E-state index contributed by atoms with van der Waals surface area (Å²) in [5, 5.41) is 3.47. The van der Waals surface area contributed by atoms with E-state index in [4.69, 9.17) is 0 Å². The van der Waals surface area contributed by atoms with E-state index in [1.54, 1.807) is 0 Å². The van der Waals surface area contributed by atoms with Gasteiger partial charge in [-0.3, -0.25) is 4.98 Å². The number of para-hydroxylation sites is 1. The van der Waals surface area contributed by atoms with Gasteiger partial charge in [-0.2, -0.15) is 0 Å². The molecule has 1 aliphatic rings. The number of aryl methyl sites for hydroxylation is 1. The minimum absolute atomic E-state index is 0.923. The van der Waals surface area contributed by atoms with E-state index in [1.807, 2.05) is 13.1 Å². The molecule has 3 heteroatoms. The van der Waals surface area contributed by atoms with Crippen LogP contribution in [0.25, 0.3) is 0 Å². The van der Waals surface area contributed by atoms with Crippen LogP contribution in [0.4, 0.5) is 5.69 Å². The van der Waals surface area contributed by atoms with Crippen molar-refractivity contribution in [3.8, 4) is 0 Å². The van der Waals surface area contributed by atoms with E-state index in [9.17, 15) is 0 Å². The van der Waals surface area contributed by atoms with E-state index in [0.29, 0.717) is 0 Å². The first-order valence-corrected chi connectivity index (χ1v) is 6.78. The Morgan fingerprint density at radius 1 is 1.21 bits per heavy atom. The first-order chi connectivity index (χ1) is 9.33. The molecular weight excluding hydrogens is 234 g/mol. The lowest BCUT2D eigenvalue weighted by molar-refractivity contribution is 0.688. The summed E-state index contributed by atoms with van der Waals surface area (Å²) >= 11 is 0. The van der Waals surface area contributed by atoms with E-state index >= 15 is 0 Å². The summed E-state index contributed by atoms with van der Waals surface area (Å²) in [6.45, 7) is 5.96. The van der Waals surface area contributed by atoms with E-state index in [1.165, 1.54) is 16.8 Å². The summed E-state index contributed by atoms with van der Waals surface area (Å²) in [4.78, 5) is 6.81. The second kappa shape index (κ2) is 5.41. The lowest BCUT2D eigenvalue weighted by Gasteiger charge is -2.24.